The molecular weight excluding hydrogens is 282 g/mol. The number of nitrogens with zero attached hydrogens (tertiary/aromatic N) is 1. The highest BCUT2D eigenvalue weighted by Gasteiger charge is 2.21. The van der Waals surface area contributed by atoms with Crippen molar-refractivity contribution in [1.82, 2.24) is 5.06 Å². The highest BCUT2D eigenvalue weighted by molar-refractivity contribution is 5.97. The van der Waals surface area contributed by atoms with Gasteiger partial charge in [-0.05, 0) is 36.3 Å². The van der Waals surface area contributed by atoms with Gasteiger partial charge in [-0.15, -0.1) is 5.06 Å². The summed E-state index contributed by atoms with van der Waals surface area (Å²) in [4.78, 5) is 17.2. The van der Waals surface area contributed by atoms with E-state index in [0.717, 1.165) is 36.7 Å². The van der Waals surface area contributed by atoms with Crippen LogP contribution in [0.25, 0.3) is 10.8 Å². The van der Waals surface area contributed by atoms with Crippen molar-refractivity contribution < 1.29 is 19.8 Å². The van der Waals surface area contributed by atoms with Crippen molar-refractivity contribution >= 4 is 16.7 Å². The molecule has 5 nitrogen and oxygen atoms in total. The molecule has 5 heteroatoms. The van der Waals surface area contributed by atoms with Crippen LogP contribution in [0, 0.1) is 5.92 Å². The molecule has 0 bridgehead atoms. The third kappa shape index (κ3) is 3.05. The Balaban J connectivity index is 1.87. The number of fused-ring (bicyclic) bond motifs is 1. The van der Waals surface area contributed by atoms with Crippen LogP contribution >= 0.6 is 0 Å². The molecule has 0 aromatic heterocycles. The Morgan fingerprint density at radius 2 is 1.95 bits per heavy atom. The van der Waals surface area contributed by atoms with Crippen molar-refractivity contribution in [1.29, 1.82) is 0 Å². The Hall–Kier alpha value is -2.11. The minimum atomic E-state index is -0.963. The van der Waals surface area contributed by atoms with Crippen molar-refractivity contribution in [2.75, 3.05) is 19.7 Å². The molecule has 0 amide bonds. The van der Waals surface area contributed by atoms with E-state index in [1.165, 1.54) is 0 Å². The molecule has 3 rings (SSSR count). The van der Waals surface area contributed by atoms with E-state index in [2.05, 4.69) is 0 Å². The van der Waals surface area contributed by atoms with Crippen LogP contribution in [-0.4, -0.2) is 40.9 Å². The quantitative estimate of drug-likeness (QED) is 0.908. The number of carboxylic acids is 1. The van der Waals surface area contributed by atoms with Crippen LogP contribution in [-0.2, 0) is 0 Å². The minimum Gasteiger partial charge on any atom is -0.478 e. The third-order valence-corrected chi connectivity index (χ3v) is 4.13. The Bertz CT molecular complexity index is 677. The standard InChI is InChI=1S/C17H19NO4/c19-11-12-5-7-18(8-6-12)22-16-10-14(17(20)21)9-13-3-1-2-4-15(13)16/h1-4,9-10,12,19H,5-8,11H2,(H,20,21). The molecule has 0 saturated carbocycles. The highest BCUT2D eigenvalue weighted by atomic mass is 16.7. The maximum atomic E-state index is 11.3. The average molecular weight is 301 g/mol. The van der Waals surface area contributed by atoms with Crippen LogP contribution in [0.5, 0.6) is 5.75 Å². The molecule has 22 heavy (non-hydrogen) atoms. The Labute approximate surface area is 128 Å². The van der Waals surface area contributed by atoms with Crippen LogP contribution in [0.15, 0.2) is 36.4 Å². The maximum Gasteiger partial charge on any atom is 0.335 e. The van der Waals surface area contributed by atoms with Gasteiger partial charge in [0.15, 0.2) is 5.75 Å². The molecular formula is C17H19NO4. The molecule has 2 aromatic carbocycles. The molecule has 1 aliphatic rings. The molecule has 0 atom stereocenters. The van der Waals surface area contributed by atoms with Gasteiger partial charge in [-0.3, -0.25) is 0 Å². The van der Waals surface area contributed by atoms with E-state index in [1.807, 2.05) is 29.3 Å². The summed E-state index contributed by atoms with van der Waals surface area (Å²) >= 11 is 0. The SMILES string of the molecule is O=C(O)c1cc(ON2CCC(CO)CC2)c2ccccc2c1. The number of rotatable bonds is 4. The fraction of sp³-hybridized carbons (Fsp3) is 0.353. The van der Waals surface area contributed by atoms with Crippen LogP contribution < -0.4 is 4.84 Å². The van der Waals surface area contributed by atoms with E-state index < -0.39 is 5.97 Å². The normalized spacial score (nSPS) is 16.8. The number of carboxylic acid groups (broad SMARTS) is 1. The molecule has 0 radical (unpaired) electrons. The summed E-state index contributed by atoms with van der Waals surface area (Å²) in [5.74, 6) is -0.0607. The molecule has 2 aromatic rings. The number of aliphatic hydroxyl groups excluding tert-OH is 1. The van der Waals surface area contributed by atoms with E-state index in [4.69, 9.17) is 4.84 Å². The molecule has 0 unspecified atom stereocenters. The van der Waals surface area contributed by atoms with Crippen molar-refractivity contribution in [2.45, 2.75) is 12.8 Å². The number of hydrogen-bond donors (Lipinski definition) is 2. The van der Waals surface area contributed by atoms with Crippen LogP contribution in [0.1, 0.15) is 23.2 Å². The summed E-state index contributed by atoms with van der Waals surface area (Å²) in [6.07, 6.45) is 1.76. The van der Waals surface area contributed by atoms with Gasteiger partial charge in [0.2, 0.25) is 0 Å². The first-order valence-corrected chi connectivity index (χ1v) is 7.47. The average Bonchev–Trinajstić information content (AvgIpc) is 2.55. The first kappa shape index (κ1) is 14.8. The van der Waals surface area contributed by atoms with Crippen LogP contribution in [0.2, 0.25) is 0 Å². The Kier molecular flexibility index (Phi) is 4.27. The van der Waals surface area contributed by atoms with E-state index in [1.54, 1.807) is 12.1 Å². The van der Waals surface area contributed by atoms with Gasteiger partial charge in [-0.1, -0.05) is 24.3 Å². The molecule has 1 fully saturated rings. The lowest BCUT2D eigenvalue weighted by Gasteiger charge is -2.30. The number of aromatic carboxylic acids is 1. The molecule has 0 aliphatic carbocycles. The van der Waals surface area contributed by atoms with Gasteiger partial charge in [-0.25, -0.2) is 4.79 Å². The zero-order valence-corrected chi connectivity index (χ0v) is 12.2. The zero-order chi connectivity index (χ0) is 15.5. The first-order chi connectivity index (χ1) is 10.7. The third-order valence-electron chi connectivity index (χ3n) is 4.13. The van der Waals surface area contributed by atoms with E-state index in [-0.39, 0.29) is 12.2 Å². The second-order valence-electron chi connectivity index (χ2n) is 5.65. The van der Waals surface area contributed by atoms with Gasteiger partial charge < -0.3 is 15.1 Å². The van der Waals surface area contributed by atoms with Gasteiger partial charge >= 0.3 is 5.97 Å². The molecule has 1 saturated heterocycles. The van der Waals surface area contributed by atoms with Crippen LogP contribution in [0.4, 0.5) is 0 Å². The smallest absolute Gasteiger partial charge is 0.335 e. The molecule has 1 heterocycles. The number of benzene rings is 2. The largest absolute Gasteiger partial charge is 0.478 e. The van der Waals surface area contributed by atoms with Crippen molar-refractivity contribution in [2.24, 2.45) is 5.92 Å². The van der Waals surface area contributed by atoms with Gasteiger partial charge in [0.1, 0.15) is 0 Å². The van der Waals surface area contributed by atoms with Gasteiger partial charge in [-0.2, -0.15) is 0 Å². The summed E-state index contributed by atoms with van der Waals surface area (Å²) in [6, 6.07) is 10.8. The van der Waals surface area contributed by atoms with Crippen LogP contribution in [0.3, 0.4) is 0 Å². The summed E-state index contributed by atoms with van der Waals surface area (Å²) in [5.41, 5.74) is 0.221. The van der Waals surface area contributed by atoms with E-state index in [9.17, 15) is 15.0 Å². The van der Waals surface area contributed by atoms with Gasteiger partial charge in [0.05, 0.1) is 5.56 Å². The van der Waals surface area contributed by atoms with E-state index >= 15 is 0 Å². The first-order valence-electron chi connectivity index (χ1n) is 7.47. The minimum absolute atomic E-state index is 0.214. The highest BCUT2D eigenvalue weighted by Crippen LogP contribution is 2.29. The summed E-state index contributed by atoms with van der Waals surface area (Å²) in [7, 11) is 0. The number of aliphatic hydroxyl groups is 1. The van der Waals surface area contributed by atoms with Crippen molar-refractivity contribution in [3.8, 4) is 5.75 Å². The predicted molar refractivity (Wildman–Crippen MR) is 82.9 cm³/mol. The lowest BCUT2D eigenvalue weighted by atomic mass is 9.99. The van der Waals surface area contributed by atoms with Gasteiger partial charge in [0, 0.05) is 25.1 Å². The van der Waals surface area contributed by atoms with Gasteiger partial charge in [0.25, 0.3) is 0 Å². The van der Waals surface area contributed by atoms with E-state index in [0.29, 0.717) is 11.7 Å². The lowest BCUT2D eigenvalue weighted by molar-refractivity contribution is -0.0841. The fourth-order valence-electron chi connectivity index (χ4n) is 2.80. The van der Waals surface area contributed by atoms with Crippen molar-refractivity contribution in [3.05, 3.63) is 42.0 Å². The molecule has 1 aliphatic heterocycles. The number of hydroxylamine groups is 2. The second kappa shape index (κ2) is 6.34. The molecule has 0 spiro atoms. The maximum absolute atomic E-state index is 11.3. The summed E-state index contributed by atoms with van der Waals surface area (Å²) in [6.45, 7) is 1.68. The number of piperidine rings is 1. The summed E-state index contributed by atoms with van der Waals surface area (Å²) < 4.78 is 0. The Morgan fingerprint density at radius 1 is 1.23 bits per heavy atom. The zero-order valence-electron chi connectivity index (χ0n) is 12.2. The Morgan fingerprint density at radius 3 is 2.64 bits per heavy atom. The second-order valence-corrected chi connectivity index (χ2v) is 5.65. The lowest BCUT2D eigenvalue weighted by Crippen LogP contribution is -2.37. The summed E-state index contributed by atoms with van der Waals surface area (Å²) in [5, 5.41) is 22.0. The predicted octanol–water partition coefficient (Wildman–Crippen LogP) is 2.54. The molecule has 2 N–H and O–H groups in total. The monoisotopic (exact) mass is 301 g/mol. The molecule has 116 valence electrons. The number of hydrogen-bond acceptors (Lipinski definition) is 4. The number of carbonyl (C=O) groups is 1. The fourth-order valence-corrected chi connectivity index (χ4v) is 2.80. The van der Waals surface area contributed by atoms with Crippen molar-refractivity contribution in [3.63, 3.8) is 0 Å². The topological polar surface area (TPSA) is 70.0 Å².